The molecule has 0 unspecified atom stereocenters. The highest BCUT2D eigenvalue weighted by molar-refractivity contribution is 5.97. The number of hydrogen-bond donors (Lipinski definition) is 2. The van der Waals surface area contributed by atoms with Crippen molar-refractivity contribution in [1.29, 1.82) is 0 Å². The smallest absolute Gasteiger partial charge is 0.269 e. The van der Waals surface area contributed by atoms with Gasteiger partial charge in [-0.25, -0.2) is 9.97 Å². The van der Waals surface area contributed by atoms with Gasteiger partial charge in [0.25, 0.3) is 17.1 Å². The molecule has 0 fully saturated rings. The van der Waals surface area contributed by atoms with E-state index in [-0.39, 0.29) is 17.1 Å². The summed E-state index contributed by atoms with van der Waals surface area (Å²) in [7, 11) is 0. The highest BCUT2D eigenvalue weighted by Crippen LogP contribution is 2.37. The Bertz CT molecular complexity index is 2600. The van der Waals surface area contributed by atoms with Crippen molar-refractivity contribution >= 4 is 63.4 Å². The molecule has 2 N–H and O–H groups in total. The maximum absolute atomic E-state index is 11.5. The van der Waals surface area contributed by atoms with Crippen molar-refractivity contribution < 1.29 is 14.8 Å². The zero-order chi connectivity index (χ0) is 35.2. The normalized spacial score (nSPS) is 11.8. The summed E-state index contributed by atoms with van der Waals surface area (Å²) in [5, 5.41) is 34.4. The average Bonchev–Trinajstić information content (AvgIpc) is 3.96. The maximum atomic E-state index is 11.5. The Morgan fingerprint density at radius 2 is 0.804 bits per heavy atom. The van der Waals surface area contributed by atoms with E-state index in [9.17, 15) is 30.3 Å². The Hall–Kier alpha value is -7.54. The van der Waals surface area contributed by atoms with E-state index in [1.54, 1.807) is 36.4 Å². The third kappa shape index (κ3) is 5.70. The Morgan fingerprint density at radius 1 is 0.431 bits per heavy atom. The molecule has 6 aromatic rings. The highest BCUT2D eigenvalue weighted by Gasteiger charge is 2.18. The number of nitrogens with one attached hydrogen (secondary N) is 2. The Morgan fingerprint density at radius 3 is 1.24 bits per heavy atom. The molecule has 51 heavy (non-hydrogen) atoms. The number of non-ortho nitro benzene ring substituents is 3. The summed E-state index contributed by atoms with van der Waals surface area (Å²) in [5.74, 6) is 0. The summed E-state index contributed by atoms with van der Waals surface area (Å²) in [6.07, 6.45) is 7.48. The van der Waals surface area contributed by atoms with Gasteiger partial charge in [0.2, 0.25) is 0 Å². The van der Waals surface area contributed by atoms with Crippen LogP contribution in [-0.4, -0.2) is 34.7 Å². The first kappa shape index (κ1) is 30.8. The number of aromatic amines is 2. The Kier molecular flexibility index (Phi) is 7.34. The van der Waals surface area contributed by atoms with Crippen LogP contribution in [0.4, 0.5) is 17.1 Å². The van der Waals surface area contributed by atoms with Gasteiger partial charge in [-0.05, 0) is 108 Å². The van der Waals surface area contributed by atoms with Crippen LogP contribution in [0.1, 0.15) is 22.8 Å². The van der Waals surface area contributed by atoms with Crippen LogP contribution in [0.25, 0.3) is 79.8 Å². The molecule has 0 saturated heterocycles. The summed E-state index contributed by atoms with van der Waals surface area (Å²) in [5.41, 5.74) is 9.30. The van der Waals surface area contributed by atoms with Gasteiger partial charge in [-0.2, -0.15) is 0 Å². The van der Waals surface area contributed by atoms with Crippen molar-refractivity contribution in [1.82, 2.24) is 19.9 Å². The number of rotatable bonds is 6. The molecule has 13 nitrogen and oxygen atoms in total. The third-order valence-electron chi connectivity index (χ3n) is 8.68. The van der Waals surface area contributed by atoms with Crippen LogP contribution >= 0.6 is 0 Å². The van der Waals surface area contributed by atoms with E-state index in [4.69, 9.17) is 9.97 Å². The monoisotopic (exact) mass is 673 g/mol. The molecule has 0 amide bonds. The molecule has 246 valence electrons. The van der Waals surface area contributed by atoms with Crippen LogP contribution in [0, 0.1) is 30.3 Å². The Labute approximate surface area is 287 Å². The number of H-pyrrole nitrogens is 2. The molecule has 2 aliphatic heterocycles. The largest absolute Gasteiger partial charge is 0.355 e. The molecular formula is C38H23N7O6. The zero-order valence-corrected chi connectivity index (χ0v) is 26.3. The molecule has 3 aromatic carbocycles. The molecule has 3 aromatic heterocycles. The SMILES string of the molecule is O=[N+]([O-])c1ccc(-c2c3nc(c(-c4ccc([N+](=O)[O-])cc4)c4ccc([nH]4)c(-c4ccc([N+](=O)[O-])cc4)c4nc(cc5ccc2[nH]5)C=C4)C=C3)cc1. The van der Waals surface area contributed by atoms with Gasteiger partial charge < -0.3 is 9.97 Å². The van der Waals surface area contributed by atoms with E-state index in [2.05, 4.69) is 9.97 Å². The molecule has 8 bridgehead atoms. The zero-order valence-electron chi connectivity index (χ0n) is 26.3. The lowest BCUT2D eigenvalue weighted by molar-refractivity contribution is -0.385. The van der Waals surface area contributed by atoms with E-state index in [1.165, 1.54) is 36.4 Å². The average molecular weight is 674 g/mol. The van der Waals surface area contributed by atoms with Crippen molar-refractivity contribution in [2.75, 3.05) is 0 Å². The predicted octanol–water partition coefficient (Wildman–Crippen LogP) is 9.38. The van der Waals surface area contributed by atoms with E-state index >= 15 is 0 Å². The van der Waals surface area contributed by atoms with Crippen LogP contribution in [-0.2, 0) is 0 Å². The van der Waals surface area contributed by atoms with Gasteiger partial charge in [0.15, 0.2) is 0 Å². The first-order valence-electron chi connectivity index (χ1n) is 15.6. The van der Waals surface area contributed by atoms with Gasteiger partial charge in [0.05, 0.1) is 37.5 Å². The van der Waals surface area contributed by atoms with E-state index in [1.807, 2.05) is 54.6 Å². The molecule has 0 spiro atoms. The van der Waals surface area contributed by atoms with Gasteiger partial charge in [-0.1, -0.05) is 0 Å². The second-order valence-corrected chi connectivity index (χ2v) is 11.8. The molecule has 5 heterocycles. The van der Waals surface area contributed by atoms with Crippen LogP contribution < -0.4 is 0 Å². The van der Waals surface area contributed by atoms with Gasteiger partial charge in [-0.15, -0.1) is 0 Å². The van der Waals surface area contributed by atoms with Crippen LogP contribution in [0.15, 0.2) is 103 Å². The standard InChI is InChI=1S/C38H23N7O6/c46-43(47)27-9-1-22(2-10-27)36-30-15-7-25(39-30)21-26-8-16-31(40-26)37(23-3-11-28(12-4-23)44(48)49)33-18-20-35(42-33)38(34-19-17-32(36)41-34)24-5-13-29(14-6-24)45(50)51/h1-21,39,42H. The van der Waals surface area contributed by atoms with E-state index < -0.39 is 14.8 Å². The van der Waals surface area contributed by atoms with E-state index in [0.29, 0.717) is 67.2 Å². The van der Waals surface area contributed by atoms with Crippen LogP contribution in [0.5, 0.6) is 0 Å². The van der Waals surface area contributed by atoms with Crippen molar-refractivity contribution in [2.24, 2.45) is 0 Å². The molecule has 2 aliphatic rings. The molecule has 0 atom stereocenters. The number of nitro benzene ring substituents is 3. The van der Waals surface area contributed by atoms with Crippen LogP contribution in [0.3, 0.4) is 0 Å². The minimum absolute atomic E-state index is 0.0384. The fourth-order valence-electron chi connectivity index (χ4n) is 6.30. The fraction of sp³-hybridized carbons (Fsp3) is 0. The summed E-state index contributed by atoms with van der Waals surface area (Å²) < 4.78 is 0. The lowest BCUT2D eigenvalue weighted by Crippen LogP contribution is -1.91. The summed E-state index contributed by atoms with van der Waals surface area (Å²) in [6, 6.07) is 28.2. The van der Waals surface area contributed by atoms with E-state index in [0.717, 1.165) is 11.0 Å². The fourth-order valence-corrected chi connectivity index (χ4v) is 6.30. The predicted molar refractivity (Wildman–Crippen MR) is 195 cm³/mol. The molecule has 8 rings (SSSR count). The maximum Gasteiger partial charge on any atom is 0.269 e. The van der Waals surface area contributed by atoms with Gasteiger partial charge >= 0.3 is 0 Å². The topological polar surface area (TPSA) is 187 Å². The minimum atomic E-state index is -0.459. The molecular weight excluding hydrogens is 650 g/mol. The quantitative estimate of drug-likeness (QED) is 0.129. The highest BCUT2D eigenvalue weighted by atomic mass is 16.6. The summed E-state index contributed by atoms with van der Waals surface area (Å²) in [4.78, 5) is 50.0. The molecule has 13 heteroatoms. The molecule has 0 saturated carbocycles. The number of benzene rings is 3. The van der Waals surface area contributed by atoms with Crippen molar-refractivity contribution in [3.63, 3.8) is 0 Å². The Balaban J connectivity index is 1.48. The van der Waals surface area contributed by atoms with Crippen molar-refractivity contribution in [2.45, 2.75) is 0 Å². The van der Waals surface area contributed by atoms with Crippen molar-refractivity contribution in [3.05, 3.63) is 156 Å². The van der Waals surface area contributed by atoms with Crippen molar-refractivity contribution in [3.8, 4) is 33.4 Å². The number of nitrogens with zero attached hydrogens (tertiary/aromatic N) is 5. The van der Waals surface area contributed by atoms with Crippen LogP contribution in [0.2, 0.25) is 0 Å². The third-order valence-corrected chi connectivity index (χ3v) is 8.68. The number of fused-ring (bicyclic) bond motifs is 8. The second kappa shape index (κ2) is 12.2. The first-order valence-corrected chi connectivity index (χ1v) is 15.6. The number of nitro groups is 3. The van der Waals surface area contributed by atoms with Gasteiger partial charge in [0, 0.05) is 75.2 Å². The summed E-state index contributed by atoms with van der Waals surface area (Å²) in [6.45, 7) is 0. The molecule has 0 radical (unpaired) electrons. The minimum Gasteiger partial charge on any atom is -0.355 e. The lowest BCUT2D eigenvalue weighted by atomic mass is 10.0. The first-order chi connectivity index (χ1) is 24.7. The second-order valence-electron chi connectivity index (χ2n) is 11.8. The van der Waals surface area contributed by atoms with Gasteiger partial charge in [0.1, 0.15) is 0 Å². The molecule has 0 aliphatic carbocycles. The lowest BCUT2D eigenvalue weighted by Gasteiger charge is -2.06. The number of aromatic nitrogens is 4. The number of hydrogen-bond acceptors (Lipinski definition) is 8. The summed E-state index contributed by atoms with van der Waals surface area (Å²) >= 11 is 0. The van der Waals surface area contributed by atoms with Gasteiger partial charge in [-0.3, -0.25) is 30.3 Å².